The second kappa shape index (κ2) is 5.39. The van der Waals surface area contributed by atoms with Gasteiger partial charge < -0.3 is 4.74 Å². The van der Waals surface area contributed by atoms with Crippen LogP contribution in [0.2, 0.25) is 5.02 Å². The number of aromatic nitrogens is 1. The molecule has 0 radical (unpaired) electrons. The van der Waals surface area contributed by atoms with Crippen LogP contribution in [0.4, 0.5) is 0 Å². The normalized spacial score (nSPS) is 16.9. The van der Waals surface area contributed by atoms with Crippen molar-refractivity contribution in [2.75, 3.05) is 13.2 Å². The predicted molar refractivity (Wildman–Crippen MR) is 75.4 cm³/mol. The third kappa shape index (κ3) is 2.58. The van der Waals surface area contributed by atoms with E-state index in [-0.39, 0.29) is 0 Å². The standard InChI is InChI=1S/C14H14ClNOS/c15-12-3-1-11(2-4-12)14-16-9-13(18-14)10-5-7-17-8-6-10/h1-4,9-10H,5-8H2. The van der Waals surface area contributed by atoms with Crippen LogP contribution in [0.5, 0.6) is 0 Å². The first kappa shape index (κ1) is 12.2. The van der Waals surface area contributed by atoms with Gasteiger partial charge in [-0.2, -0.15) is 0 Å². The maximum atomic E-state index is 5.90. The number of thiazole rings is 1. The second-order valence-electron chi connectivity index (χ2n) is 4.46. The maximum absolute atomic E-state index is 5.90. The van der Waals surface area contributed by atoms with E-state index in [0.717, 1.165) is 41.6 Å². The SMILES string of the molecule is Clc1ccc(-c2ncc(C3CCOCC3)s2)cc1. The Bertz CT molecular complexity index is 517. The van der Waals surface area contributed by atoms with Gasteiger partial charge in [-0.15, -0.1) is 11.3 Å². The summed E-state index contributed by atoms with van der Waals surface area (Å²) in [5.41, 5.74) is 1.14. The minimum Gasteiger partial charge on any atom is -0.381 e. The van der Waals surface area contributed by atoms with Gasteiger partial charge in [-0.1, -0.05) is 23.7 Å². The summed E-state index contributed by atoms with van der Waals surface area (Å²) in [6.45, 7) is 1.75. The number of hydrogen-bond donors (Lipinski definition) is 0. The van der Waals surface area contributed by atoms with Crippen molar-refractivity contribution in [3.8, 4) is 10.6 Å². The molecule has 0 saturated carbocycles. The number of halogens is 1. The Kier molecular flexibility index (Phi) is 3.64. The van der Waals surface area contributed by atoms with Crippen LogP contribution in [-0.4, -0.2) is 18.2 Å². The van der Waals surface area contributed by atoms with E-state index in [9.17, 15) is 0 Å². The Hall–Kier alpha value is -0.900. The number of ether oxygens (including phenoxy) is 1. The highest BCUT2D eigenvalue weighted by atomic mass is 35.5. The average Bonchev–Trinajstić information content (AvgIpc) is 2.90. The molecule has 0 atom stereocenters. The topological polar surface area (TPSA) is 22.1 Å². The quantitative estimate of drug-likeness (QED) is 0.815. The van der Waals surface area contributed by atoms with Gasteiger partial charge in [0.1, 0.15) is 5.01 Å². The van der Waals surface area contributed by atoms with Crippen molar-refractivity contribution in [1.82, 2.24) is 4.98 Å². The lowest BCUT2D eigenvalue weighted by Gasteiger charge is -2.20. The fourth-order valence-corrected chi connectivity index (χ4v) is 3.40. The third-order valence-corrected chi connectivity index (χ3v) is 4.70. The summed E-state index contributed by atoms with van der Waals surface area (Å²) >= 11 is 7.68. The van der Waals surface area contributed by atoms with Crippen LogP contribution in [0.1, 0.15) is 23.6 Å². The minimum absolute atomic E-state index is 0.623. The molecule has 0 unspecified atom stereocenters. The average molecular weight is 280 g/mol. The van der Waals surface area contributed by atoms with E-state index in [1.54, 1.807) is 11.3 Å². The predicted octanol–water partition coefficient (Wildman–Crippen LogP) is 4.36. The molecule has 0 amide bonds. The molecule has 18 heavy (non-hydrogen) atoms. The van der Waals surface area contributed by atoms with Crippen molar-refractivity contribution < 1.29 is 4.74 Å². The first-order valence-electron chi connectivity index (χ1n) is 6.12. The lowest BCUT2D eigenvalue weighted by molar-refractivity contribution is 0.0860. The third-order valence-electron chi connectivity index (χ3n) is 3.24. The van der Waals surface area contributed by atoms with Gasteiger partial charge in [0.2, 0.25) is 0 Å². The van der Waals surface area contributed by atoms with Gasteiger partial charge in [-0.05, 0) is 30.9 Å². The van der Waals surface area contributed by atoms with Crippen molar-refractivity contribution in [2.45, 2.75) is 18.8 Å². The van der Waals surface area contributed by atoms with E-state index in [1.807, 2.05) is 30.5 Å². The molecule has 1 aliphatic heterocycles. The van der Waals surface area contributed by atoms with Crippen LogP contribution in [-0.2, 0) is 4.74 Å². The molecule has 94 valence electrons. The van der Waals surface area contributed by atoms with Crippen molar-refractivity contribution in [3.05, 3.63) is 40.4 Å². The molecule has 1 fully saturated rings. The van der Waals surface area contributed by atoms with Crippen molar-refractivity contribution in [2.24, 2.45) is 0 Å². The van der Waals surface area contributed by atoms with Crippen molar-refractivity contribution in [1.29, 1.82) is 0 Å². The van der Waals surface area contributed by atoms with Gasteiger partial charge in [0, 0.05) is 34.9 Å². The Morgan fingerprint density at radius 2 is 1.89 bits per heavy atom. The molecule has 0 aliphatic carbocycles. The summed E-state index contributed by atoms with van der Waals surface area (Å²) in [4.78, 5) is 5.90. The Balaban J connectivity index is 1.82. The zero-order chi connectivity index (χ0) is 12.4. The fraction of sp³-hybridized carbons (Fsp3) is 0.357. The van der Waals surface area contributed by atoms with Crippen LogP contribution >= 0.6 is 22.9 Å². The Labute approximate surface area is 116 Å². The molecule has 3 rings (SSSR count). The summed E-state index contributed by atoms with van der Waals surface area (Å²) < 4.78 is 5.40. The largest absolute Gasteiger partial charge is 0.381 e. The number of rotatable bonds is 2. The molecule has 4 heteroatoms. The molecule has 0 bridgehead atoms. The molecule has 2 nitrogen and oxygen atoms in total. The molecule has 1 saturated heterocycles. The fourth-order valence-electron chi connectivity index (χ4n) is 2.18. The molecule has 1 aliphatic rings. The molecule has 0 N–H and O–H groups in total. The van der Waals surface area contributed by atoms with Crippen LogP contribution in [0.15, 0.2) is 30.5 Å². The van der Waals surface area contributed by atoms with E-state index >= 15 is 0 Å². The summed E-state index contributed by atoms with van der Waals surface area (Å²) in [5, 5.41) is 1.84. The summed E-state index contributed by atoms with van der Waals surface area (Å²) in [6, 6.07) is 7.86. The smallest absolute Gasteiger partial charge is 0.123 e. The van der Waals surface area contributed by atoms with E-state index < -0.39 is 0 Å². The summed E-state index contributed by atoms with van der Waals surface area (Å²) in [7, 11) is 0. The lowest BCUT2D eigenvalue weighted by Crippen LogP contribution is -2.12. The summed E-state index contributed by atoms with van der Waals surface area (Å²) in [6.07, 6.45) is 4.25. The van der Waals surface area contributed by atoms with Gasteiger partial charge in [-0.25, -0.2) is 4.98 Å². The zero-order valence-corrected chi connectivity index (χ0v) is 11.5. The molecular weight excluding hydrogens is 266 g/mol. The van der Waals surface area contributed by atoms with E-state index in [2.05, 4.69) is 4.98 Å². The number of benzene rings is 1. The van der Waals surface area contributed by atoms with E-state index in [1.165, 1.54) is 4.88 Å². The van der Waals surface area contributed by atoms with Crippen LogP contribution in [0.25, 0.3) is 10.6 Å². The van der Waals surface area contributed by atoms with Gasteiger partial charge in [0.05, 0.1) is 0 Å². The number of hydrogen-bond acceptors (Lipinski definition) is 3. The molecule has 0 spiro atoms. The second-order valence-corrected chi connectivity index (χ2v) is 5.96. The molecular formula is C14H14ClNOS. The maximum Gasteiger partial charge on any atom is 0.123 e. The van der Waals surface area contributed by atoms with Crippen LogP contribution in [0, 0.1) is 0 Å². The Morgan fingerprint density at radius 1 is 1.17 bits per heavy atom. The molecule has 1 aromatic heterocycles. The summed E-state index contributed by atoms with van der Waals surface area (Å²) in [5.74, 6) is 0.623. The highest BCUT2D eigenvalue weighted by Crippen LogP contribution is 2.34. The number of nitrogens with zero attached hydrogens (tertiary/aromatic N) is 1. The van der Waals surface area contributed by atoms with Crippen LogP contribution in [0.3, 0.4) is 0 Å². The first-order valence-corrected chi connectivity index (χ1v) is 7.32. The lowest BCUT2D eigenvalue weighted by atomic mass is 9.99. The van der Waals surface area contributed by atoms with Gasteiger partial charge in [-0.3, -0.25) is 0 Å². The van der Waals surface area contributed by atoms with Crippen LogP contribution < -0.4 is 0 Å². The molecule has 1 aromatic carbocycles. The molecule has 2 aromatic rings. The van der Waals surface area contributed by atoms with E-state index in [4.69, 9.17) is 16.3 Å². The first-order chi connectivity index (χ1) is 8.83. The monoisotopic (exact) mass is 279 g/mol. The van der Waals surface area contributed by atoms with Crippen molar-refractivity contribution in [3.63, 3.8) is 0 Å². The van der Waals surface area contributed by atoms with Gasteiger partial charge in [0.25, 0.3) is 0 Å². The van der Waals surface area contributed by atoms with Crippen molar-refractivity contribution >= 4 is 22.9 Å². The highest BCUT2D eigenvalue weighted by Gasteiger charge is 2.18. The molecule has 2 heterocycles. The van der Waals surface area contributed by atoms with Gasteiger partial charge in [0.15, 0.2) is 0 Å². The zero-order valence-electron chi connectivity index (χ0n) is 9.93. The minimum atomic E-state index is 0.623. The Morgan fingerprint density at radius 3 is 2.61 bits per heavy atom. The highest BCUT2D eigenvalue weighted by molar-refractivity contribution is 7.15. The van der Waals surface area contributed by atoms with E-state index in [0.29, 0.717) is 5.92 Å². The van der Waals surface area contributed by atoms with Gasteiger partial charge >= 0.3 is 0 Å².